The SMILES string of the molecule is CC(=O)c1ccc(C(OC(=O)OC(C)(C)C)C(F)(F)F)nc1. The molecule has 0 aromatic carbocycles. The molecule has 5 nitrogen and oxygen atoms in total. The number of nitrogens with zero attached hydrogens (tertiary/aromatic N) is 1. The Bertz CT molecular complexity index is 547. The maximum absolute atomic E-state index is 13.0. The number of Topliss-reactive ketones (excluding diaryl/α,β-unsaturated/α-hetero) is 1. The van der Waals surface area contributed by atoms with Crippen LogP contribution >= 0.6 is 0 Å². The van der Waals surface area contributed by atoms with Gasteiger partial charge < -0.3 is 9.47 Å². The number of rotatable bonds is 3. The first kappa shape index (κ1) is 17.9. The molecule has 122 valence electrons. The Hall–Kier alpha value is -2.12. The molecule has 0 bridgehead atoms. The standard InChI is InChI=1S/C14H16F3NO4/c1-8(19)9-5-6-10(18-7-9)11(14(15,16)17)21-12(20)22-13(2,3)4/h5-7,11H,1-4H3. The first-order valence-corrected chi connectivity index (χ1v) is 6.33. The van der Waals surface area contributed by atoms with Gasteiger partial charge in [0.05, 0.1) is 5.69 Å². The minimum atomic E-state index is -4.86. The number of carbonyl (C=O) groups excluding carboxylic acids is 2. The van der Waals surface area contributed by atoms with Crippen LogP contribution in [0.1, 0.15) is 49.9 Å². The summed E-state index contributed by atoms with van der Waals surface area (Å²) in [6.45, 7) is 5.75. The van der Waals surface area contributed by atoms with Gasteiger partial charge in [0, 0.05) is 11.8 Å². The Kier molecular flexibility index (Phi) is 5.16. The molecule has 8 heteroatoms. The molecule has 0 amide bonds. The smallest absolute Gasteiger partial charge is 0.429 e. The van der Waals surface area contributed by atoms with Crippen LogP contribution < -0.4 is 0 Å². The van der Waals surface area contributed by atoms with E-state index in [9.17, 15) is 22.8 Å². The van der Waals surface area contributed by atoms with Crippen molar-refractivity contribution >= 4 is 11.9 Å². The third-order valence-electron chi connectivity index (χ3n) is 2.36. The van der Waals surface area contributed by atoms with Crippen molar-refractivity contribution in [1.29, 1.82) is 0 Å². The summed E-state index contributed by atoms with van der Waals surface area (Å²) >= 11 is 0. The lowest BCUT2D eigenvalue weighted by atomic mass is 10.1. The van der Waals surface area contributed by atoms with Crippen molar-refractivity contribution in [2.45, 2.75) is 45.6 Å². The fourth-order valence-electron chi connectivity index (χ4n) is 1.43. The summed E-state index contributed by atoms with van der Waals surface area (Å²) in [7, 11) is 0. The number of carbonyl (C=O) groups is 2. The first-order chi connectivity index (χ1) is 9.90. The number of ether oxygens (including phenoxy) is 2. The molecule has 1 unspecified atom stereocenters. The lowest BCUT2D eigenvalue weighted by molar-refractivity contribution is -0.215. The van der Waals surface area contributed by atoms with Gasteiger partial charge in [-0.25, -0.2) is 4.79 Å². The van der Waals surface area contributed by atoms with Crippen LogP contribution in [0.15, 0.2) is 18.3 Å². The van der Waals surface area contributed by atoms with Gasteiger partial charge >= 0.3 is 12.3 Å². The van der Waals surface area contributed by atoms with Crippen molar-refractivity contribution in [3.8, 4) is 0 Å². The molecule has 0 N–H and O–H groups in total. The van der Waals surface area contributed by atoms with E-state index in [1.807, 2.05) is 0 Å². The molecule has 0 fully saturated rings. The van der Waals surface area contributed by atoms with Crippen molar-refractivity contribution in [2.75, 3.05) is 0 Å². The predicted octanol–water partition coefficient (Wildman–Crippen LogP) is 3.84. The molecule has 1 heterocycles. The van der Waals surface area contributed by atoms with Crippen molar-refractivity contribution in [1.82, 2.24) is 4.98 Å². The number of alkyl halides is 3. The van der Waals surface area contributed by atoms with Gasteiger partial charge in [0.25, 0.3) is 0 Å². The summed E-state index contributed by atoms with van der Waals surface area (Å²) in [5.74, 6) is -0.337. The third-order valence-corrected chi connectivity index (χ3v) is 2.36. The zero-order chi connectivity index (χ0) is 17.1. The van der Waals surface area contributed by atoms with Crippen molar-refractivity contribution in [2.24, 2.45) is 0 Å². The molecule has 1 atom stereocenters. The van der Waals surface area contributed by atoms with E-state index in [0.29, 0.717) is 0 Å². The summed E-state index contributed by atoms with van der Waals surface area (Å²) in [5.41, 5.74) is -1.37. The number of hydrogen-bond donors (Lipinski definition) is 0. The lowest BCUT2D eigenvalue weighted by Crippen LogP contribution is -2.31. The highest BCUT2D eigenvalue weighted by Gasteiger charge is 2.46. The molecule has 0 radical (unpaired) electrons. The van der Waals surface area contributed by atoms with Crippen LogP contribution in [0, 0.1) is 0 Å². The van der Waals surface area contributed by atoms with Crippen LogP contribution in [0.25, 0.3) is 0 Å². The quantitative estimate of drug-likeness (QED) is 0.625. The largest absolute Gasteiger partial charge is 0.509 e. The highest BCUT2D eigenvalue weighted by Crippen LogP contribution is 2.35. The van der Waals surface area contributed by atoms with Gasteiger partial charge in [0.15, 0.2) is 5.78 Å². The van der Waals surface area contributed by atoms with Crippen LogP contribution in [-0.2, 0) is 9.47 Å². The number of hydrogen-bond acceptors (Lipinski definition) is 5. The van der Waals surface area contributed by atoms with Crippen LogP contribution in [0.2, 0.25) is 0 Å². The van der Waals surface area contributed by atoms with E-state index in [4.69, 9.17) is 4.74 Å². The average Bonchev–Trinajstić information content (AvgIpc) is 2.32. The van der Waals surface area contributed by atoms with Crippen molar-refractivity contribution in [3.05, 3.63) is 29.6 Å². The first-order valence-electron chi connectivity index (χ1n) is 6.33. The second-order valence-electron chi connectivity index (χ2n) is 5.53. The molecule has 1 rings (SSSR count). The van der Waals surface area contributed by atoms with E-state index >= 15 is 0 Å². The highest BCUT2D eigenvalue weighted by molar-refractivity contribution is 5.93. The van der Waals surface area contributed by atoms with Crippen LogP contribution in [-0.4, -0.2) is 28.7 Å². The fourth-order valence-corrected chi connectivity index (χ4v) is 1.43. The predicted molar refractivity (Wildman–Crippen MR) is 70.4 cm³/mol. The fraction of sp³-hybridized carbons (Fsp3) is 0.500. The van der Waals surface area contributed by atoms with E-state index in [0.717, 1.165) is 12.3 Å². The summed E-state index contributed by atoms with van der Waals surface area (Å²) < 4.78 is 48.1. The van der Waals surface area contributed by atoms with Crippen molar-refractivity contribution in [3.63, 3.8) is 0 Å². The van der Waals surface area contributed by atoms with Crippen LogP contribution in [0.4, 0.5) is 18.0 Å². The topological polar surface area (TPSA) is 65.5 Å². The molecule has 1 aromatic rings. The molecule has 0 spiro atoms. The Morgan fingerprint density at radius 3 is 2.14 bits per heavy atom. The molecule has 22 heavy (non-hydrogen) atoms. The molecule has 0 saturated heterocycles. The van der Waals surface area contributed by atoms with Gasteiger partial charge in [-0.15, -0.1) is 0 Å². The molecular formula is C14H16F3NO4. The maximum Gasteiger partial charge on any atom is 0.509 e. The molecule has 0 saturated carbocycles. The van der Waals surface area contributed by atoms with E-state index < -0.39 is 29.7 Å². The maximum atomic E-state index is 13.0. The van der Waals surface area contributed by atoms with E-state index in [2.05, 4.69) is 9.72 Å². The molecule has 0 aliphatic carbocycles. The zero-order valence-corrected chi connectivity index (χ0v) is 12.5. The zero-order valence-electron chi connectivity index (χ0n) is 12.5. The number of pyridine rings is 1. The Labute approximate surface area is 125 Å². The molecular weight excluding hydrogens is 303 g/mol. The number of aromatic nitrogens is 1. The van der Waals surface area contributed by atoms with Gasteiger partial charge in [0.2, 0.25) is 6.10 Å². The average molecular weight is 319 g/mol. The van der Waals surface area contributed by atoms with E-state index in [-0.39, 0.29) is 11.3 Å². The highest BCUT2D eigenvalue weighted by atomic mass is 19.4. The minimum absolute atomic E-state index is 0.155. The summed E-state index contributed by atoms with van der Waals surface area (Å²) in [5, 5.41) is 0. The molecule has 1 aromatic heterocycles. The van der Waals surface area contributed by atoms with Gasteiger partial charge in [-0.2, -0.15) is 13.2 Å². The van der Waals surface area contributed by atoms with Crippen LogP contribution in [0.5, 0.6) is 0 Å². The normalized spacial score (nSPS) is 13.4. The Morgan fingerprint density at radius 1 is 1.18 bits per heavy atom. The number of ketones is 1. The van der Waals surface area contributed by atoms with Crippen molar-refractivity contribution < 1.29 is 32.2 Å². The molecule has 0 aliphatic rings. The van der Waals surface area contributed by atoms with Gasteiger partial charge in [-0.3, -0.25) is 9.78 Å². The molecule has 0 aliphatic heterocycles. The monoisotopic (exact) mass is 319 g/mol. The lowest BCUT2D eigenvalue weighted by Gasteiger charge is -2.23. The van der Waals surface area contributed by atoms with Gasteiger partial charge in [0.1, 0.15) is 5.60 Å². The van der Waals surface area contributed by atoms with E-state index in [1.54, 1.807) is 0 Å². The van der Waals surface area contributed by atoms with Gasteiger partial charge in [-0.05, 0) is 39.8 Å². The summed E-state index contributed by atoms with van der Waals surface area (Å²) in [6.07, 6.45) is -7.88. The van der Waals surface area contributed by atoms with E-state index in [1.165, 1.54) is 33.8 Å². The summed E-state index contributed by atoms with van der Waals surface area (Å²) in [4.78, 5) is 26.1. The Morgan fingerprint density at radius 2 is 1.77 bits per heavy atom. The third kappa shape index (κ3) is 5.34. The summed E-state index contributed by atoms with van der Waals surface area (Å²) in [6, 6.07) is 2.17. The minimum Gasteiger partial charge on any atom is -0.429 e. The number of halogens is 3. The Balaban J connectivity index is 2.99. The second kappa shape index (κ2) is 6.33. The van der Waals surface area contributed by atoms with Gasteiger partial charge in [-0.1, -0.05) is 0 Å². The second-order valence-corrected chi connectivity index (χ2v) is 5.53. The van der Waals surface area contributed by atoms with Crippen LogP contribution in [0.3, 0.4) is 0 Å².